The number of carboxylic acid groups (broad SMARTS) is 1. The number of carbonyl (C=O) groups is 1. The van der Waals surface area contributed by atoms with Gasteiger partial charge in [0.25, 0.3) is 0 Å². The van der Waals surface area contributed by atoms with Crippen LogP contribution in [0.2, 0.25) is 0 Å². The van der Waals surface area contributed by atoms with Crippen LogP contribution in [0, 0.1) is 0 Å². The fourth-order valence-electron chi connectivity index (χ4n) is 4.54. The van der Waals surface area contributed by atoms with Gasteiger partial charge >= 0.3 is 5.97 Å². The van der Waals surface area contributed by atoms with Crippen molar-refractivity contribution in [3.63, 3.8) is 0 Å². The van der Waals surface area contributed by atoms with E-state index in [1.807, 2.05) is 6.26 Å². The predicted octanol–water partition coefficient (Wildman–Crippen LogP) is 3.78. The van der Waals surface area contributed by atoms with Crippen LogP contribution in [0.5, 0.6) is 5.75 Å². The zero-order valence-corrected chi connectivity index (χ0v) is 21.8. The molecule has 0 radical (unpaired) electrons. The maximum absolute atomic E-state index is 13.7. The molecule has 1 N–H and O–H groups in total. The van der Waals surface area contributed by atoms with Crippen LogP contribution >= 0.6 is 11.8 Å². The number of hydrogen-bond acceptors (Lipinski definition) is 7. The number of fused-ring (bicyclic) bond motifs is 1. The van der Waals surface area contributed by atoms with Gasteiger partial charge < -0.3 is 19.6 Å². The minimum atomic E-state index is -3.86. The Labute approximate surface area is 205 Å². The maximum atomic E-state index is 13.7. The highest BCUT2D eigenvalue weighted by molar-refractivity contribution is 7.98. The van der Waals surface area contributed by atoms with Gasteiger partial charge in [0, 0.05) is 31.7 Å². The van der Waals surface area contributed by atoms with Crippen molar-refractivity contribution in [3.8, 4) is 5.75 Å². The van der Waals surface area contributed by atoms with Crippen LogP contribution in [0.4, 0.5) is 10.1 Å². The average molecular weight is 516 g/mol. The molecule has 0 spiro atoms. The summed E-state index contributed by atoms with van der Waals surface area (Å²) in [6.07, 6.45) is 6.82. The van der Waals surface area contributed by atoms with E-state index in [0.717, 1.165) is 45.2 Å². The lowest BCUT2D eigenvalue weighted by Gasteiger charge is -2.40. The van der Waals surface area contributed by atoms with Gasteiger partial charge in [0.15, 0.2) is 0 Å². The van der Waals surface area contributed by atoms with Gasteiger partial charge in [0.1, 0.15) is 16.9 Å². The molecule has 0 saturated carbocycles. The number of likely N-dealkylation sites (tertiary alicyclic amines) is 1. The molecule has 34 heavy (non-hydrogen) atoms. The molecule has 190 valence electrons. The van der Waals surface area contributed by atoms with Crippen molar-refractivity contribution in [3.05, 3.63) is 24.2 Å². The van der Waals surface area contributed by atoms with E-state index in [0.29, 0.717) is 23.4 Å². The smallest absolute Gasteiger partial charge is 0.368 e. The highest BCUT2D eigenvalue weighted by Crippen LogP contribution is 2.42. The zero-order valence-electron chi connectivity index (χ0n) is 20.2. The quantitative estimate of drug-likeness (QED) is 0.318. The van der Waals surface area contributed by atoms with E-state index >= 15 is 0 Å². The summed E-state index contributed by atoms with van der Waals surface area (Å²) < 4.78 is 47.8. The van der Waals surface area contributed by atoms with Crippen molar-refractivity contribution >= 4 is 33.4 Å². The third-order valence-electron chi connectivity index (χ3n) is 6.65. The number of rotatable bonds is 8. The highest BCUT2D eigenvalue weighted by atomic mass is 32.2. The number of anilines is 1. The molecule has 1 saturated heterocycles. The van der Waals surface area contributed by atoms with Gasteiger partial charge in [-0.25, -0.2) is 13.2 Å². The van der Waals surface area contributed by atoms with Gasteiger partial charge in [-0.3, -0.25) is 0 Å². The third-order valence-corrected chi connectivity index (χ3v) is 9.34. The topological polar surface area (TPSA) is 90.4 Å². The molecule has 11 heteroatoms. The summed E-state index contributed by atoms with van der Waals surface area (Å²) in [4.78, 5) is 16.0. The van der Waals surface area contributed by atoms with Crippen molar-refractivity contribution in [1.29, 1.82) is 0 Å². The molecule has 8 nitrogen and oxygen atoms in total. The molecule has 0 amide bonds. The Bertz CT molecular complexity index is 1030. The standard InChI is InChI=1S/C23H34FN3O5S2/c1-5-6-7-17-14-27(16-8-10-25(2)11-9-16)19-12-21(33-4)20(32-15-18(24)23(28)29)13-22(19)34(30,31)26(17)3/h12-13,15-17H,5-11,14H2,1-4H3,(H,28,29)/b18-15-. The largest absolute Gasteiger partial charge is 0.476 e. The molecule has 1 fully saturated rings. The Balaban J connectivity index is 2.13. The Morgan fingerprint density at radius 1 is 1.29 bits per heavy atom. The second-order valence-electron chi connectivity index (χ2n) is 8.86. The number of halogens is 1. The van der Waals surface area contributed by atoms with E-state index in [1.165, 1.54) is 22.1 Å². The summed E-state index contributed by atoms with van der Waals surface area (Å²) in [5, 5.41) is 8.79. The number of aliphatic carboxylic acids is 1. The van der Waals surface area contributed by atoms with Crippen molar-refractivity contribution in [2.45, 2.75) is 60.9 Å². The first-order valence-corrected chi connectivity index (χ1v) is 14.2. The fourth-order valence-corrected chi connectivity index (χ4v) is 6.64. The molecule has 2 aliphatic rings. The first kappa shape index (κ1) is 26.8. The number of sulfonamides is 1. The Morgan fingerprint density at radius 3 is 2.56 bits per heavy atom. The summed E-state index contributed by atoms with van der Waals surface area (Å²) in [5.41, 5.74) is 0.625. The highest BCUT2D eigenvalue weighted by Gasteiger charge is 2.39. The molecule has 1 unspecified atom stereocenters. The van der Waals surface area contributed by atoms with Crippen LogP contribution in [-0.2, 0) is 14.8 Å². The molecular formula is C23H34FN3O5S2. The van der Waals surface area contributed by atoms with Crippen molar-refractivity contribution < 1.29 is 27.4 Å². The lowest BCUT2D eigenvalue weighted by Crippen LogP contribution is -2.48. The van der Waals surface area contributed by atoms with Crippen LogP contribution in [0.15, 0.2) is 34.0 Å². The summed E-state index contributed by atoms with van der Waals surface area (Å²) in [7, 11) is -0.153. The molecule has 1 atom stereocenters. The molecule has 3 rings (SSSR count). The minimum Gasteiger partial charge on any atom is -0.476 e. The lowest BCUT2D eigenvalue weighted by molar-refractivity contribution is -0.134. The molecular weight excluding hydrogens is 481 g/mol. The molecule has 0 aromatic heterocycles. The number of likely N-dealkylation sites (N-methyl/N-ethyl adjacent to an activating group) is 1. The number of nitrogens with zero attached hydrogens (tertiary/aromatic N) is 3. The molecule has 0 aliphatic carbocycles. The van der Waals surface area contributed by atoms with E-state index in [4.69, 9.17) is 9.84 Å². The predicted molar refractivity (Wildman–Crippen MR) is 132 cm³/mol. The van der Waals surface area contributed by atoms with Crippen LogP contribution < -0.4 is 9.64 Å². The van der Waals surface area contributed by atoms with E-state index in [-0.39, 0.29) is 22.7 Å². The molecule has 2 heterocycles. The van der Waals surface area contributed by atoms with Crippen LogP contribution in [0.25, 0.3) is 0 Å². The van der Waals surface area contributed by atoms with Gasteiger partial charge in [-0.05, 0) is 51.7 Å². The van der Waals surface area contributed by atoms with Crippen molar-refractivity contribution in [2.24, 2.45) is 0 Å². The van der Waals surface area contributed by atoms with Gasteiger partial charge in [0.2, 0.25) is 15.9 Å². The minimum absolute atomic E-state index is 0.102. The molecule has 0 bridgehead atoms. The van der Waals surface area contributed by atoms with E-state index in [9.17, 15) is 17.6 Å². The number of thioether (sulfide) groups is 1. The van der Waals surface area contributed by atoms with Gasteiger partial charge in [-0.15, -0.1) is 11.8 Å². The number of unbranched alkanes of at least 4 members (excludes halogenated alkanes) is 1. The number of benzene rings is 1. The van der Waals surface area contributed by atoms with E-state index in [2.05, 4.69) is 23.8 Å². The first-order valence-electron chi connectivity index (χ1n) is 11.5. The van der Waals surface area contributed by atoms with Crippen molar-refractivity contribution in [2.75, 3.05) is 44.9 Å². The molecule has 1 aromatic rings. The lowest BCUT2D eigenvalue weighted by atomic mass is 10.0. The summed E-state index contributed by atoms with van der Waals surface area (Å²) in [6, 6.07) is 3.21. The monoisotopic (exact) mass is 515 g/mol. The van der Waals surface area contributed by atoms with Crippen molar-refractivity contribution in [1.82, 2.24) is 9.21 Å². The van der Waals surface area contributed by atoms with Gasteiger partial charge in [-0.1, -0.05) is 19.8 Å². The van der Waals surface area contributed by atoms with E-state index < -0.39 is 21.8 Å². The summed E-state index contributed by atoms with van der Waals surface area (Å²) >= 11 is 1.33. The number of piperidine rings is 1. The number of hydrogen-bond donors (Lipinski definition) is 1. The van der Waals surface area contributed by atoms with Crippen LogP contribution in [0.1, 0.15) is 39.0 Å². The maximum Gasteiger partial charge on any atom is 0.368 e. The molecule has 1 aromatic carbocycles. The Hall–Kier alpha value is -1.82. The Morgan fingerprint density at radius 2 is 1.97 bits per heavy atom. The SMILES string of the molecule is CCCCC1CN(C2CCN(C)CC2)c2cc(SC)c(O/C=C(\F)C(=O)O)cc2S(=O)(=O)N1C. The normalized spacial score (nSPS) is 22.3. The van der Waals surface area contributed by atoms with Crippen LogP contribution in [-0.4, -0.2) is 80.8 Å². The molecule has 2 aliphatic heterocycles. The third kappa shape index (κ3) is 5.69. The number of ether oxygens (including phenoxy) is 1. The second-order valence-corrected chi connectivity index (χ2v) is 11.7. The zero-order chi connectivity index (χ0) is 25.0. The second kappa shape index (κ2) is 11.3. The van der Waals surface area contributed by atoms with Gasteiger partial charge in [-0.2, -0.15) is 8.70 Å². The van der Waals surface area contributed by atoms with Crippen LogP contribution in [0.3, 0.4) is 0 Å². The first-order chi connectivity index (χ1) is 16.1. The Kier molecular flexibility index (Phi) is 8.88. The van der Waals surface area contributed by atoms with Gasteiger partial charge in [0.05, 0.1) is 10.6 Å². The fraction of sp³-hybridized carbons (Fsp3) is 0.609. The summed E-state index contributed by atoms with van der Waals surface area (Å²) in [5.74, 6) is -3.11. The summed E-state index contributed by atoms with van der Waals surface area (Å²) in [6.45, 7) is 4.56. The number of carboxylic acids is 1. The van der Waals surface area contributed by atoms with E-state index in [1.54, 1.807) is 13.1 Å². The average Bonchev–Trinajstić information content (AvgIpc) is 2.89.